The van der Waals surface area contributed by atoms with Crippen LogP contribution in [-0.2, 0) is 0 Å². The van der Waals surface area contributed by atoms with Crippen molar-refractivity contribution < 1.29 is 9.47 Å². The fourth-order valence-electron chi connectivity index (χ4n) is 1.43. The van der Waals surface area contributed by atoms with Gasteiger partial charge < -0.3 is 14.8 Å². The molecule has 19 heavy (non-hydrogen) atoms. The van der Waals surface area contributed by atoms with Crippen LogP contribution < -0.4 is 20.5 Å². The van der Waals surface area contributed by atoms with Gasteiger partial charge in [0.2, 0.25) is 5.95 Å². The van der Waals surface area contributed by atoms with Crippen molar-refractivity contribution in [2.24, 2.45) is 0 Å². The Labute approximate surface area is 109 Å². The molecule has 7 nitrogen and oxygen atoms in total. The van der Waals surface area contributed by atoms with E-state index < -0.39 is 5.69 Å². The minimum atomic E-state index is -0.519. The van der Waals surface area contributed by atoms with E-state index in [0.717, 1.165) is 11.4 Å². The summed E-state index contributed by atoms with van der Waals surface area (Å²) in [5, 5.41) is 2.95. The highest BCUT2D eigenvalue weighted by Crippen LogP contribution is 2.17. The average Bonchev–Trinajstić information content (AvgIpc) is 2.39. The van der Waals surface area contributed by atoms with Crippen molar-refractivity contribution in [3.63, 3.8) is 0 Å². The van der Waals surface area contributed by atoms with Gasteiger partial charge in [-0.25, -0.2) is 4.79 Å². The summed E-state index contributed by atoms with van der Waals surface area (Å²) in [6, 6.07) is 7.25. The smallest absolute Gasteiger partial charge is 0.352 e. The number of nitrogens with zero attached hydrogens (tertiary/aromatic N) is 2. The maximum atomic E-state index is 11.3. The molecule has 0 saturated carbocycles. The lowest BCUT2D eigenvalue weighted by Gasteiger charge is -2.07. The van der Waals surface area contributed by atoms with Gasteiger partial charge in [0.15, 0.2) is 0 Å². The van der Waals surface area contributed by atoms with E-state index in [1.165, 1.54) is 0 Å². The summed E-state index contributed by atoms with van der Waals surface area (Å²) >= 11 is 0. The quantitative estimate of drug-likeness (QED) is 0.844. The number of hydrogen-bond donors (Lipinski definition) is 2. The molecule has 0 atom stereocenters. The van der Waals surface area contributed by atoms with Gasteiger partial charge in [0.1, 0.15) is 5.75 Å². The lowest BCUT2D eigenvalue weighted by atomic mass is 10.3. The van der Waals surface area contributed by atoms with Gasteiger partial charge in [0.05, 0.1) is 13.7 Å². The van der Waals surface area contributed by atoms with Crippen LogP contribution in [0.5, 0.6) is 11.8 Å². The van der Waals surface area contributed by atoms with E-state index in [2.05, 4.69) is 20.3 Å². The van der Waals surface area contributed by atoms with Gasteiger partial charge in [-0.05, 0) is 31.2 Å². The molecule has 2 aromatic rings. The second-order valence-electron chi connectivity index (χ2n) is 3.57. The number of aromatic nitrogens is 3. The molecule has 100 valence electrons. The molecule has 0 fully saturated rings. The van der Waals surface area contributed by atoms with Gasteiger partial charge in [-0.2, -0.15) is 4.98 Å². The number of H-pyrrole nitrogens is 1. The Morgan fingerprint density at radius 1 is 1.26 bits per heavy atom. The van der Waals surface area contributed by atoms with Crippen LogP contribution in [0.1, 0.15) is 6.92 Å². The highest BCUT2D eigenvalue weighted by atomic mass is 16.5. The van der Waals surface area contributed by atoms with E-state index >= 15 is 0 Å². The summed E-state index contributed by atoms with van der Waals surface area (Å²) in [6.07, 6.45) is 0. The van der Waals surface area contributed by atoms with Crippen molar-refractivity contribution in [1.82, 2.24) is 15.0 Å². The third kappa shape index (κ3) is 3.44. The fourth-order valence-corrected chi connectivity index (χ4v) is 1.43. The van der Waals surface area contributed by atoms with E-state index in [-0.39, 0.29) is 12.0 Å². The van der Waals surface area contributed by atoms with E-state index in [1.54, 1.807) is 38.3 Å². The van der Waals surface area contributed by atoms with Crippen LogP contribution in [0.3, 0.4) is 0 Å². The van der Waals surface area contributed by atoms with Crippen LogP contribution in [0.25, 0.3) is 0 Å². The summed E-state index contributed by atoms with van der Waals surface area (Å²) in [6.45, 7) is 2.19. The zero-order valence-electron chi connectivity index (χ0n) is 10.6. The number of benzene rings is 1. The van der Waals surface area contributed by atoms with E-state index in [0.29, 0.717) is 6.61 Å². The number of anilines is 2. The van der Waals surface area contributed by atoms with Crippen molar-refractivity contribution in [2.45, 2.75) is 6.92 Å². The van der Waals surface area contributed by atoms with E-state index in [1.807, 2.05) is 0 Å². The lowest BCUT2D eigenvalue weighted by Crippen LogP contribution is -2.16. The normalized spacial score (nSPS) is 10.0. The molecule has 7 heteroatoms. The Bertz CT molecular complexity index is 595. The largest absolute Gasteiger partial charge is 0.497 e. The van der Waals surface area contributed by atoms with Gasteiger partial charge in [-0.15, -0.1) is 4.98 Å². The summed E-state index contributed by atoms with van der Waals surface area (Å²) in [5.41, 5.74) is 0.243. The van der Waals surface area contributed by atoms with Gasteiger partial charge >= 0.3 is 11.7 Å². The molecule has 0 aliphatic carbocycles. The number of rotatable bonds is 5. The third-order valence-electron chi connectivity index (χ3n) is 2.26. The minimum Gasteiger partial charge on any atom is -0.497 e. The predicted octanol–water partition coefficient (Wildman–Crippen LogP) is 1.32. The molecule has 0 aliphatic rings. The average molecular weight is 262 g/mol. The van der Waals surface area contributed by atoms with Crippen molar-refractivity contribution in [1.29, 1.82) is 0 Å². The Kier molecular flexibility index (Phi) is 3.97. The van der Waals surface area contributed by atoms with Crippen molar-refractivity contribution in [3.05, 3.63) is 34.7 Å². The van der Waals surface area contributed by atoms with Crippen LogP contribution in [-0.4, -0.2) is 28.7 Å². The van der Waals surface area contributed by atoms with Crippen molar-refractivity contribution in [3.8, 4) is 11.8 Å². The summed E-state index contributed by atoms with van der Waals surface area (Å²) < 4.78 is 10.2. The van der Waals surface area contributed by atoms with Gasteiger partial charge in [-0.3, -0.25) is 4.98 Å². The van der Waals surface area contributed by atoms with Crippen LogP contribution in [0.4, 0.5) is 11.6 Å². The van der Waals surface area contributed by atoms with Crippen LogP contribution in [0, 0.1) is 0 Å². The Morgan fingerprint density at radius 2 is 2.00 bits per heavy atom. The fraction of sp³-hybridized carbons (Fsp3) is 0.250. The topological polar surface area (TPSA) is 89.1 Å². The summed E-state index contributed by atoms with van der Waals surface area (Å²) in [4.78, 5) is 21.4. The second-order valence-corrected chi connectivity index (χ2v) is 3.57. The first kappa shape index (κ1) is 12.9. The van der Waals surface area contributed by atoms with Crippen LogP contribution in [0.2, 0.25) is 0 Å². The molecule has 1 aromatic carbocycles. The zero-order chi connectivity index (χ0) is 13.7. The highest BCUT2D eigenvalue weighted by molar-refractivity contribution is 5.54. The van der Waals surface area contributed by atoms with Gasteiger partial charge in [-0.1, -0.05) is 0 Å². The zero-order valence-corrected chi connectivity index (χ0v) is 10.6. The first-order chi connectivity index (χ1) is 9.21. The molecule has 0 bridgehead atoms. The molecule has 0 spiro atoms. The Morgan fingerprint density at radius 3 is 2.63 bits per heavy atom. The van der Waals surface area contributed by atoms with Crippen molar-refractivity contribution >= 4 is 11.6 Å². The number of ether oxygens (including phenoxy) is 2. The monoisotopic (exact) mass is 262 g/mol. The molecule has 0 unspecified atom stereocenters. The number of hydrogen-bond acceptors (Lipinski definition) is 6. The minimum absolute atomic E-state index is 0.0438. The second kappa shape index (κ2) is 5.85. The standard InChI is InChI=1S/C12H14N4O3/c1-3-19-12-15-10(14-11(17)16-12)13-8-4-6-9(18-2)7-5-8/h4-7H,3H2,1-2H3,(H2,13,14,15,16,17). The summed E-state index contributed by atoms with van der Waals surface area (Å²) in [7, 11) is 1.60. The molecular weight excluding hydrogens is 248 g/mol. The molecule has 2 rings (SSSR count). The Balaban J connectivity index is 2.19. The van der Waals surface area contributed by atoms with Crippen LogP contribution in [0.15, 0.2) is 29.1 Å². The highest BCUT2D eigenvalue weighted by Gasteiger charge is 2.03. The molecule has 2 N–H and O–H groups in total. The van der Waals surface area contributed by atoms with E-state index in [4.69, 9.17) is 9.47 Å². The first-order valence-corrected chi connectivity index (χ1v) is 5.73. The van der Waals surface area contributed by atoms with Gasteiger partial charge in [0.25, 0.3) is 0 Å². The molecule has 0 aliphatic heterocycles. The number of nitrogens with one attached hydrogen (secondary N) is 2. The maximum absolute atomic E-state index is 11.3. The molecule has 1 aromatic heterocycles. The predicted molar refractivity (Wildman–Crippen MR) is 70.1 cm³/mol. The summed E-state index contributed by atoms with van der Waals surface area (Å²) in [5.74, 6) is 1.02. The first-order valence-electron chi connectivity index (χ1n) is 5.73. The molecule has 0 saturated heterocycles. The molecule has 0 radical (unpaired) electrons. The molecule has 0 amide bonds. The Hall–Kier alpha value is -2.57. The lowest BCUT2D eigenvalue weighted by molar-refractivity contribution is 0.310. The SMILES string of the molecule is CCOc1nc(Nc2ccc(OC)cc2)[nH]c(=O)n1. The number of aromatic amines is 1. The van der Waals surface area contributed by atoms with Gasteiger partial charge in [0, 0.05) is 5.69 Å². The number of methoxy groups -OCH3 is 1. The van der Waals surface area contributed by atoms with Crippen molar-refractivity contribution in [2.75, 3.05) is 19.0 Å². The third-order valence-corrected chi connectivity index (χ3v) is 2.26. The van der Waals surface area contributed by atoms with E-state index in [9.17, 15) is 4.79 Å². The maximum Gasteiger partial charge on any atom is 0.352 e. The molecular formula is C12H14N4O3. The molecule has 1 heterocycles. The van der Waals surface area contributed by atoms with Crippen LogP contribution >= 0.6 is 0 Å².